The molecule has 1 aliphatic heterocycles. The van der Waals surface area contributed by atoms with Crippen molar-refractivity contribution in [2.75, 3.05) is 5.01 Å². The molecule has 98 valence electrons. The predicted octanol–water partition coefficient (Wildman–Crippen LogP) is 1.97. The topological polar surface area (TPSA) is 37.9 Å². The molecule has 2 fully saturated rings. The van der Waals surface area contributed by atoms with Crippen molar-refractivity contribution < 1.29 is 0 Å². The lowest BCUT2D eigenvalue weighted by Crippen LogP contribution is -2.33. The number of nitrogens with zero attached hydrogens (tertiary/aromatic N) is 3. The zero-order valence-corrected chi connectivity index (χ0v) is 11.0. The molecule has 0 bridgehead atoms. The van der Waals surface area contributed by atoms with Crippen LogP contribution in [0.2, 0.25) is 0 Å². The normalized spacial score (nSPS) is 25.4. The van der Waals surface area contributed by atoms with Crippen molar-refractivity contribution in [1.29, 1.82) is 0 Å². The third-order valence-electron chi connectivity index (χ3n) is 4.43. The first kappa shape index (κ1) is 11.0. The fraction of sp³-hybridized carbons (Fsp3) is 0.467. The van der Waals surface area contributed by atoms with Crippen LogP contribution in [0.15, 0.2) is 29.1 Å². The highest BCUT2D eigenvalue weighted by atomic mass is 16.1. The van der Waals surface area contributed by atoms with E-state index in [0.717, 1.165) is 16.7 Å². The Hall–Kier alpha value is -1.84. The van der Waals surface area contributed by atoms with Gasteiger partial charge in [-0.15, -0.1) is 0 Å². The summed E-state index contributed by atoms with van der Waals surface area (Å²) in [5, 5.41) is 2.96. The standard InChI is InChI=1S/C15H17N3O/c1-10-16-12-7-3-2-6-11(12)15(19)17(10)18-13-8-4-5-9-14(13)18/h2-3,6-7,13-14H,4-5,8-9H2,1H3/t13-,14-/m0/s1. The second kappa shape index (κ2) is 3.83. The van der Waals surface area contributed by atoms with Gasteiger partial charge in [0.2, 0.25) is 0 Å². The highest BCUT2D eigenvalue weighted by molar-refractivity contribution is 5.77. The minimum absolute atomic E-state index is 0.0810. The van der Waals surface area contributed by atoms with Gasteiger partial charge in [-0.1, -0.05) is 25.0 Å². The summed E-state index contributed by atoms with van der Waals surface area (Å²) in [6.07, 6.45) is 4.99. The maximum Gasteiger partial charge on any atom is 0.280 e. The third-order valence-corrected chi connectivity index (χ3v) is 4.43. The van der Waals surface area contributed by atoms with Crippen LogP contribution in [0.25, 0.3) is 10.9 Å². The van der Waals surface area contributed by atoms with Crippen molar-refractivity contribution in [2.45, 2.75) is 44.7 Å². The van der Waals surface area contributed by atoms with E-state index in [9.17, 15) is 4.79 Å². The zero-order chi connectivity index (χ0) is 13.0. The summed E-state index contributed by atoms with van der Waals surface area (Å²) in [7, 11) is 0. The summed E-state index contributed by atoms with van der Waals surface area (Å²) in [5.41, 5.74) is 0.878. The van der Waals surface area contributed by atoms with Gasteiger partial charge in [0.1, 0.15) is 5.82 Å². The smallest absolute Gasteiger partial charge is 0.280 e. The van der Waals surface area contributed by atoms with E-state index in [4.69, 9.17) is 0 Å². The van der Waals surface area contributed by atoms with Gasteiger partial charge in [-0.05, 0) is 31.9 Å². The molecule has 0 amide bonds. The number of rotatable bonds is 1. The molecule has 2 atom stereocenters. The molecule has 0 radical (unpaired) electrons. The molecule has 0 spiro atoms. The summed E-state index contributed by atoms with van der Waals surface area (Å²) in [6, 6.07) is 8.73. The first-order chi connectivity index (χ1) is 9.27. The van der Waals surface area contributed by atoms with Gasteiger partial charge in [0.25, 0.3) is 5.56 Å². The second-order valence-electron chi connectivity index (χ2n) is 5.59. The van der Waals surface area contributed by atoms with Crippen molar-refractivity contribution >= 4 is 10.9 Å². The van der Waals surface area contributed by atoms with Crippen molar-refractivity contribution in [2.24, 2.45) is 0 Å². The Morgan fingerprint density at radius 1 is 1.16 bits per heavy atom. The number of hydrogen-bond donors (Lipinski definition) is 0. The van der Waals surface area contributed by atoms with E-state index in [2.05, 4.69) is 9.99 Å². The molecule has 2 heterocycles. The van der Waals surface area contributed by atoms with Crippen LogP contribution in [0.5, 0.6) is 0 Å². The van der Waals surface area contributed by atoms with E-state index in [-0.39, 0.29) is 5.56 Å². The van der Waals surface area contributed by atoms with Crippen molar-refractivity contribution in [1.82, 2.24) is 9.66 Å². The third kappa shape index (κ3) is 1.52. The monoisotopic (exact) mass is 255 g/mol. The van der Waals surface area contributed by atoms with Crippen LogP contribution in [-0.2, 0) is 0 Å². The van der Waals surface area contributed by atoms with E-state index in [1.807, 2.05) is 35.9 Å². The lowest BCUT2D eigenvalue weighted by atomic mass is 10.0. The first-order valence-corrected chi connectivity index (χ1v) is 7.04. The Balaban J connectivity index is 1.89. The molecular formula is C15H17N3O. The van der Waals surface area contributed by atoms with Gasteiger partial charge in [-0.2, -0.15) is 0 Å². The Bertz CT molecular complexity index is 694. The minimum Gasteiger partial charge on any atom is -0.298 e. The van der Waals surface area contributed by atoms with Gasteiger partial charge >= 0.3 is 0 Å². The van der Waals surface area contributed by atoms with Crippen LogP contribution in [0.4, 0.5) is 0 Å². The van der Waals surface area contributed by atoms with Gasteiger partial charge < -0.3 is 0 Å². The average molecular weight is 255 g/mol. The van der Waals surface area contributed by atoms with Gasteiger partial charge in [-0.3, -0.25) is 9.80 Å². The zero-order valence-electron chi connectivity index (χ0n) is 11.0. The molecule has 0 unspecified atom stereocenters. The number of hydrogen-bond acceptors (Lipinski definition) is 3. The molecule has 1 saturated heterocycles. The highest BCUT2D eigenvalue weighted by Crippen LogP contribution is 2.38. The first-order valence-electron chi connectivity index (χ1n) is 7.04. The summed E-state index contributed by atoms with van der Waals surface area (Å²) >= 11 is 0. The van der Waals surface area contributed by atoms with Gasteiger partial charge in [0.05, 0.1) is 23.0 Å². The average Bonchev–Trinajstić information content (AvgIpc) is 3.13. The number of benzene rings is 1. The lowest BCUT2D eigenvalue weighted by molar-refractivity contribution is 0.571. The predicted molar refractivity (Wildman–Crippen MR) is 75.0 cm³/mol. The van der Waals surface area contributed by atoms with Crippen LogP contribution >= 0.6 is 0 Å². The van der Waals surface area contributed by atoms with Crippen molar-refractivity contribution in [3.63, 3.8) is 0 Å². The van der Waals surface area contributed by atoms with E-state index in [1.165, 1.54) is 25.7 Å². The van der Waals surface area contributed by atoms with E-state index >= 15 is 0 Å². The van der Waals surface area contributed by atoms with E-state index in [1.54, 1.807) is 0 Å². The molecule has 4 nitrogen and oxygen atoms in total. The number of aromatic nitrogens is 2. The Labute approximate surface area is 111 Å². The SMILES string of the molecule is Cc1nc2ccccc2c(=O)n1N1[C@H]2CCCC[C@@H]21. The number of para-hydroxylation sites is 1. The maximum atomic E-state index is 12.7. The molecule has 4 rings (SSSR count). The summed E-state index contributed by atoms with van der Waals surface area (Å²) in [4.78, 5) is 17.2. The molecule has 1 aromatic carbocycles. The van der Waals surface area contributed by atoms with Crippen LogP contribution < -0.4 is 10.6 Å². The Kier molecular flexibility index (Phi) is 2.22. The summed E-state index contributed by atoms with van der Waals surface area (Å²) < 4.78 is 1.81. The molecule has 2 aromatic rings. The Morgan fingerprint density at radius 3 is 2.58 bits per heavy atom. The van der Waals surface area contributed by atoms with E-state index < -0.39 is 0 Å². The number of fused-ring (bicyclic) bond motifs is 2. The molecular weight excluding hydrogens is 238 g/mol. The molecule has 19 heavy (non-hydrogen) atoms. The molecule has 1 aromatic heterocycles. The van der Waals surface area contributed by atoms with Crippen LogP contribution in [-0.4, -0.2) is 21.7 Å². The van der Waals surface area contributed by atoms with Crippen LogP contribution in [0, 0.1) is 6.92 Å². The fourth-order valence-corrected chi connectivity index (χ4v) is 3.48. The minimum atomic E-state index is 0.0810. The van der Waals surface area contributed by atoms with Gasteiger partial charge in [0, 0.05) is 0 Å². The fourth-order valence-electron chi connectivity index (χ4n) is 3.48. The van der Waals surface area contributed by atoms with Crippen molar-refractivity contribution in [3.05, 3.63) is 40.4 Å². The number of aryl methyl sites for hydroxylation is 1. The molecule has 2 aliphatic rings. The molecule has 1 aliphatic carbocycles. The van der Waals surface area contributed by atoms with Gasteiger partial charge in [-0.25, -0.2) is 9.66 Å². The van der Waals surface area contributed by atoms with Crippen molar-refractivity contribution in [3.8, 4) is 0 Å². The Morgan fingerprint density at radius 2 is 1.84 bits per heavy atom. The van der Waals surface area contributed by atoms with E-state index in [0.29, 0.717) is 12.1 Å². The molecule has 0 N–H and O–H groups in total. The lowest BCUT2D eigenvalue weighted by Gasteiger charge is -2.13. The second-order valence-corrected chi connectivity index (χ2v) is 5.59. The largest absolute Gasteiger partial charge is 0.298 e. The van der Waals surface area contributed by atoms with Crippen LogP contribution in [0.3, 0.4) is 0 Å². The highest BCUT2D eigenvalue weighted by Gasteiger charge is 2.50. The van der Waals surface area contributed by atoms with Crippen LogP contribution in [0.1, 0.15) is 31.5 Å². The molecule has 1 saturated carbocycles. The summed E-state index contributed by atoms with van der Waals surface area (Å²) in [6.45, 7) is 1.93. The summed E-state index contributed by atoms with van der Waals surface area (Å²) in [5.74, 6) is 0.804. The maximum absolute atomic E-state index is 12.7. The van der Waals surface area contributed by atoms with Gasteiger partial charge in [0.15, 0.2) is 0 Å². The molecule has 4 heteroatoms. The quantitative estimate of drug-likeness (QED) is 0.731.